The Morgan fingerprint density at radius 1 is 1.43 bits per heavy atom. The van der Waals surface area contributed by atoms with Gasteiger partial charge >= 0.3 is 0 Å². The SMILES string of the molecule is CCCNC(Cc1cn2ccsc2n1)c1cnn(C)c1C. The summed E-state index contributed by atoms with van der Waals surface area (Å²) in [6, 6.07) is 0.267. The zero-order chi connectivity index (χ0) is 14.8. The van der Waals surface area contributed by atoms with Crippen LogP contribution in [0.25, 0.3) is 4.96 Å². The fraction of sp³-hybridized carbons (Fsp3) is 0.467. The highest BCUT2D eigenvalue weighted by Gasteiger charge is 2.18. The highest BCUT2D eigenvalue weighted by atomic mass is 32.1. The lowest BCUT2D eigenvalue weighted by Gasteiger charge is -2.17. The Morgan fingerprint density at radius 2 is 2.29 bits per heavy atom. The second-order valence-corrected chi connectivity index (χ2v) is 6.22. The van der Waals surface area contributed by atoms with Crippen molar-refractivity contribution in [2.75, 3.05) is 6.54 Å². The maximum absolute atomic E-state index is 4.70. The van der Waals surface area contributed by atoms with Crippen molar-refractivity contribution in [3.8, 4) is 0 Å². The van der Waals surface area contributed by atoms with E-state index in [1.54, 1.807) is 11.3 Å². The number of aryl methyl sites for hydroxylation is 1. The van der Waals surface area contributed by atoms with Crippen LogP contribution in [0.15, 0.2) is 24.0 Å². The molecule has 0 fully saturated rings. The van der Waals surface area contributed by atoms with E-state index in [1.165, 1.54) is 11.3 Å². The van der Waals surface area contributed by atoms with Crippen molar-refractivity contribution in [3.63, 3.8) is 0 Å². The van der Waals surface area contributed by atoms with E-state index in [4.69, 9.17) is 4.98 Å². The molecule has 0 amide bonds. The maximum atomic E-state index is 4.70. The summed E-state index contributed by atoms with van der Waals surface area (Å²) < 4.78 is 4.02. The third-order valence-electron chi connectivity index (χ3n) is 3.85. The van der Waals surface area contributed by atoms with Gasteiger partial charge in [-0.15, -0.1) is 11.3 Å². The molecule has 0 saturated carbocycles. The van der Waals surface area contributed by atoms with Gasteiger partial charge in [0.25, 0.3) is 0 Å². The molecule has 1 unspecified atom stereocenters. The molecular formula is C15H21N5S. The van der Waals surface area contributed by atoms with Gasteiger partial charge < -0.3 is 5.32 Å². The van der Waals surface area contributed by atoms with Crippen LogP contribution in [0.5, 0.6) is 0 Å². The number of aromatic nitrogens is 4. The number of imidazole rings is 1. The van der Waals surface area contributed by atoms with Crippen molar-refractivity contribution in [2.45, 2.75) is 32.7 Å². The number of nitrogens with zero attached hydrogens (tertiary/aromatic N) is 4. The summed E-state index contributed by atoms with van der Waals surface area (Å²) in [5, 5.41) is 10.1. The molecule has 112 valence electrons. The summed E-state index contributed by atoms with van der Waals surface area (Å²) in [5.74, 6) is 0. The van der Waals surface area contributed by atoms with Gasteiger partial charge in [0.2, 0.25) is 0 Å². The van der Waals surface area contributed by atoms with Crippen LogP contribution in [0.4, 0.5) is 0 Å². The van der Waals surface area contributed by atoms with Crippen LogP contribution in [-0.2, 0) is 13.5 Å². The van der Waals surface area contributed by atoms with Crippen LogP contribution < -0.4 is 5.32 Å². The lowest BCUT2D eigenvalue weighted by atomic mass is 10.0. The van der Waals surface area contributed by atoms with Crippen molar-refractivity contribution in [1.82, 2.24) is 24.5 Å². The molecule has 5 nitrogen and oxygen atoms in total. The first kappa shape index (κ1) is 14.3. The molecule has 3 heterocycles. The first-order valence-electron chi connectivity index (χ1n) is 7.32. The van der Waals surface area contributed by atoms with Crippen molar-refractivity contribution in [1.29, 1.82) is 0 Å². The summed E-state index contributed by atoms with van der Waals surface area (Å²) in [6.07, 6.45) is 8.16. The minimum Gasteiger partial charge on any atom is -0.309 e. The molecule has 0 aromatic carbocycles. The quantitative estimate of drug-likeness (QED) is 0.761. The van der Waals surface area contributed by atoms with Crippen LogP contribution in [0.2, 0.25) is 0 Å². The second kappa shape index (κ2) is 5.99. The van der Waals surface area contributed by atoms with Gasteiger partial charge in [0.15, 0.2) is 4.96 Å². The Kier molecular flexibility index (Phi) is 4.07. The van der Waals surface area contributed by atoms with E-state index in [9.17, 15) is 0 Å². The number of rotatable bonds is 6. The highest BCUT2D eigenvalue weighted by Crippen LogP contribution is 2.22. The van der Waals surface area contributed by atoms with Gasteiger partial charge in [0.05, 0.1) is 11.9 Å². The van der Waals surface area contributed by atoms with Gasteiger partial charge in [-0.25, -0.2) is 4.98 Å². The molecule has 0 saturated heterocycles. The second-order valence-electron chi connectivity index (χ2n) is 5.34. The van der Waals surface area contributed by atoms with E-state index in [1.807, 2.05) is 17.9 Å². The Balaban J connectivity index is 1.85. The molecule has 1 N–H and O–H groups in total. The predicted octanol–water partition coefficient (Wildman–Crippen LogP) is 2.72. The summed E-state index contributed by atoms with van der Waals surface area (Å²) >= 11 is 1.67. The molecule has 3 aromatic rings. The summed E-state index contributed by atoms with van der Waals surface area (Å²) in [4.78, 5) is 5.75. The molecule has 0 bridgehead atoms. The molecule has 21 heavy (non-hydrogen) atoms. The number of nitrogens with one attached hydrogen (secondary N) is 1. The van der Waals surface area contributed by atoms with Gasteiger partial charge in [0, 0.05) is 48.5 Å². The van der Waals surface area contributed by atoms with Crippen LogP contribution in [-0.4, -0.2) is 25.7 Å². The summed E-state index contributed by atoms with van der Waals surface area (Å²) in [6.45, 7) is 5.31. The third-order valence-corrected chi connectivity index (χ3v) is 4.62. The first-order chi connectivity index (χ1) is 10.2. The monoisotopic (exact) mass is 303 g/mol. The Labute approximate surface area is 128 Å². The van der Waals surface area contributed by atoms with E-state index >= 15 is 0 Å². The fourth-order valence-electron chi connectivity index (χ4n) is 2.55. The molecule has 0 spiro atoms. The van der Waals surface area contributed by atoms with E-state index < -0.39 is 0 Å². The molecule has 0 aliphatic heterocycles. The topological polar surface area (TPSA) is 47.1 Å². The Bertz CT molecular complexity index is 695. The molecular weight excluding hydrogens is 282 g/mol. The molecule has 3 rings (SSSR count). The normalized spacial score (nSPS) is 13.1. The van der Waals surface area contributed by atoms with Gasteiger partial charge in [-0.2, -0.15) is 5.10 Å². The van der Waals surface area contributed by atoms with Crippen molar-refractivity contribution < 1.29 is 0 Å². The van der Waals surface area contributed by atoms with E-state index in [-0.39, 0.29) is 6.04 Å². The maximum Gasteiger partial charge on any atom is 0.193 e. The molecule has 6 heteroatoms. The third kappa shape index (κ3) is 2.87. The van der Waals surface area contributed by atoms with E-state index in [0.29, 0.717) is 0 Å². The number of thiazole rings is 1. The van der Waals surface area contributed by atoms with E-state index in [2.05, 4.69) is 46.4 Å². The van der Waals surface area contributed by atoms with Crippen molar-refractivity contribution >= 4 is 16.3 Å². The average Bonchev–Trinajstić information content (AvgIpc) is 3.12. The highest BCUT2D eigenvalue weighted by molar-refractivity contribution is 7.15. The molecule has 3 aromatic heterocycles. The average molecular weight is 303 g/mol. The van der Waals surface area contributed by atoms with Crippen LogP contribution >= 0.6 is 11.3 Å². The molecule has 0 aliphatic carbocycles. The van der Waals surface area contributed by atoms with Gasteiger partial charge in [-0.05, 0) is 19.9 Å². The minimum atomic E-state index is 0.267. The number of hydrogen-bond acceptors (Lipinski definition) is 4. The molecule has 1 atom stereocenters. The summed E-state index contributed by atoms with van der Waals surface area (Å²) in [7, 11) is 1.99. The van der Waals surface area contributed by atoms with Crippen LogP contribution in [0, 0.1) is 6.92 Å². The standard InChI is InChI=1S/C15H21N5S/c1-4-5-16-14(13-9-17-19(3)11(13)2)8-12-10-20-6-7-21-15(20)18-12/h6-7,9-10,14,16H,4-5,8H2,1-3H3. The largest absolute Gasteiger partial charge is 0.309 e. The first-order valence-corrected chi connectivity index (χ1v) is 8.20. The Morgan fingerprint density at radius 3 is 2.95 bits per heavy atom. The van der Waals surface area contributed by atoms with Gasteiger partial charge in [-0.3, -0.25) is 9.08 Å². The number of fused-ring (bicyclic) bond motifs is 1. The lowest BCUT2D eigenvalue weighted by molar-refractivity contribution is 0.522. The number of hydrogen-bond donors (Lipinski definition) is 1. The van der Waals surface area contributed by atoms with Crippen LogP contribution in [0.1, 0.15) is 36.3 Å². The van der Waals surface area contributed by atoms with Gasteiger partial charge in [0.1, 0.15) is 0 Å². The Hall–Kier alpha value is -1.66. The van der Waals surface area contributed by atoms with Crippen LogP contribution in [0.3, 0.4) is 0 Å². The zero-order valence-corrected chi connectivity index (χ0v) is 13.5. The predicted molar refractivity (Wildman–Crippen MR) is 85.8 cm³/mol. The molecule has 0 radical (unpaired) electrons. The molecule has 0 aliphatic rings. The fourth-order valence-corrected chi connectivity index (χ4v) is 3.27. The van der Waals surface area contributed by atoms with Crippen molar-refractivity contribution in [2.24, 2.45) is 7.05 Å². The van der Waals surface area contributed by atoms with Crippen molar-refractivity contribution in [3.05, 3.63) is 40.9 Å². The lowest BCUT2D eigenvalue weighted by Crippen LogP contribution is -2.24. The minimum absolute atomic E-state index is 0.267. The van der Waals surface area contributed by atoms with Gasteiger partial charge in [-0.1, -0.05) is 6.92 Å². The van der Waals surface area contributed by atoms with E-state index in [0.717, 1.165) is 30.0 Å². The summed E-state index contributed by atoms with van der Waals surface area (Å²) in [5.41, 5.74) is 3.60. The smallest absolute Gasteiger partial charge is 0.193 e. The zero-order valence-electron chi connectivity index (χ0n) is 12.7.